The first kappa shape index (κ1) is 25.2. The van der Waals surface area contributed by atoms with Crippen molar-refractivity contribution in [2.45, 2.75) is 75.1 Å². The van der Waals surface area contributed by atoms with Gasteiger partial charge in [-0.3, -0.25) is 14.4 Å². The van der Waals surface area contributed by atoms with E-state index in [1.807, 2.05) is 13.8 Å². The van der Waals surface area contributed by atoms with E-state index < -0.39 is 47.5 Å². The van der Waals surface area contributed by atoms with Crippen LogP contribution >= 0.6 is 15.9 Å². The molecule has 1 unspecified atom stereocenters. The highest BCUT2D eigenvalue weighted by Gasteiger charge is 2.77. The number of ether oxygens (including phenoxy) is 1. The second-order valence-corrected chi connectivity index (χ2v) is 10.7. The Morgan fingerprint density at radius 1 is 1.41 bits per heavy atom. The molecule has 0 aliphatic carbocycles. The second kappa shape index (κ2) is 9.81. The fourth-order valence-corrected chi connectivity index (χ4v) is 6.72. The van der Waals surface area contributed by atoms with Crippen LogP contribution in [0.5, 0.6) is 0 Å². The normalized spacial score (nSPS) is 34.1. The predicted molar refractivity (Wildman–Crippen MR) is 122 cm³/mol. The smallest absolute Gasteiger partial charge is 0.310 e. The number of aliphatic hydroxyl groups is 1. The number of unbranched alkanes of at least 4 members (excludes halogenated alkanes) is 2. The Hall–Kier alpha value is -1.45. The van der Waals surface area contributed by atoms with Crippen molar-refractivity contribution < 1.29 is 29.3 Å². The summed E-state index contributed by atoms with van der Waals surface area (Å²) in [6, 6.07) is -1.58. The molecule has 9 heteroatoms. The van der Waals surface area contributed by atoms with Crippen LogP contribution in [0.1, 0.15) is 46.5 Å². The highest BCUT2D eigenvalue weighted by molar-refractivity contribution is 9.09. The van der Waals surface area contributed by atoms with Crippen LogP contribution in [0.2, 0.25) is 0 Å². The maximum absolute atomic E-state index is 14.0. The van der Waals surface area contributed by atoms with Gasteiger partial charge in [0, 0.05) is 17.9 Å². The number of halogens is 1. The van der Waals surface area contributed by atoms with E-state index in [2.05, 4.69) is 29.4 Å². The standard InChI is InChI=1S/C23H35BrN2O6/c1-5-7-8-10-25(9-6-2)21(29)19-23-11-14(24)18(32-23)16(22(30)31)17(23)20(28)26(19)15(12-27)13(3)4/h6,13-19,27H,2,5,7-12H2,1,3-4H3,(H,30,31)/t14?,15-,16-,17+,18-,19-,23+/m0/s1. The van der Waals surface area contributed by atoms with E-state index in [1.54, 1.807) is 11.0 Å². The fourth-order valence-electron chi connectivity index (χ4n) is 5.78. The summed E-state index contributed by atoms with van der Waals surface area (Å²) in [5, 5.41) is 20.1. The summed E-state index contributed by atoms with van der Waals surface area (Å²) in [7, 11) is 0. The largest absolute Gasteiger partial charge is 0.481 e. The summed E-state index contributed by atoms with van der Waals surface area (Å²) < 4.78 is 6.29. The number of aliphatic hydroxyl groups excluding tert-OH is 1. The van der Waals surface area contributed by atoms with Gasteiger partial charge in [-0.15, -0.1) is 6.58 Å². The highest BCUT2D eigenvalue weighted by Crippen LogP contribution is 2.60. The predicted octanol–water partition coefficient (Wildman–Crippen LogP) is 2.04. The Kier molecular flexibility index (Phi) is 7.72. The molecule has 2 N–H and O–H groups in total. The van der Waals surface area contributed by atoms with Crippen LogP contribution < -0.4 is 0 Å². The lowest BCUT2D eigenvalue weighted by Gasteiger charge is -2.40. The Morgan fingerprint density at radius 2 is 2.09 bits per heavy atom. The summed E-state index contributed by atoms with van der Waals surface area (Å²) in [6.45, 7) is 10.2. The first-order valence-electron chi connectivity index (χ1n) is 11.5. The van der Waals surface area contributed by atoms with E-state index in [4.69, 9.17) is 4.74 Å². The maximum Gasteiger partial charge on any atom is 0.310 e. The number of carboxylic acids is 1. The van der Waals surface area contributed by atoms with Crippen molar-refractivity contribution >= 4 is 33.7 Å². The van der Waals surface area contributed by atoms with E-state index in [9.17, 15) is 24.6 Å². The average Bonchev–Trinajstić information content (AvgIpc) is 3.31. The van der Waals surface area contributed by atoms with Gasteiger partial charge in [0.2, 0.25) is 11.8 Å². The lowest BCUT2D eigenvalue weighted by atomic mass is 9.70. The number of likely N-dealkylation sites (tertiary alicyclic amines) is 1. The molecule has 8 nitrogen and oxygen atoms in total. The highest BCUT2D eigenvalue weighted by atomic mass is 79.9. The molecule has 3 heterocycles. The summed E-state index contributed by atoms with van der Waals surface area (Å²) in [5.41, 5.74) is -1.22. The number of carboxylic acid groups (broad SMARTS) is 1. The van der Waals surface area contributed by atoms with Crippen molar-refractivity contribution in [3.8, 4) is 0 Å². The second-order valence-electron chi connectivity index (χ2n) is 9.52. The molecule has 0 aromatic heterocycles. The molecule has 3 fully saturated rings. The summed E-state index contributed by atoms with van der Waals surface area (Å²) in [6.07, 6.45) is 4.16. The van der Waals surface area contributed by atoms with Gasteiger partial charge >= 0.3 is 5.97 Å². The van der Waals surface area contributed by atoms with Crippen LogP contribution in [0.15, 0.2) is 12.7 Å². The lowest BCUT2D eigenvalue weighted by molar-refractivity contribution is -0.154. The molecule has 0 radical (unpaired) electrons. The molecular weight excluding hydrogens is 480 g/mol. The van der Waals surface area contributed by atoms with Crippen molar-refractivity contribution in [2.75, 3.05) is 19.7 Å². The van der Waals surface area contributed by atoms with Crippen LogP contribution in [0.25, 0.3) is 0 Å². The number of fused-ring (bicyclic) bond motifs is 1. The number of rotatable bonds is 11. The van der Waals surface area contributed by atoms with Crippen LogP contribution in [0.4, 0.5) is 0 Å². The number of alkyl halides is 1. The Labute approximate surface area is 198 Å². The molecule has 2 amide bonds. The molecule has 2 bridgehead atoms. The quantitative estimate of drug-likeness (QED) is 0.248. The summed E-state index contributed by atoms with van der Waals surface area (Å²) >= 11 is 3.55. The Balaban J connectivity index is 2.08. The van der Waals surface area contributed by atoms with Crippen molar-refractivity contribution in [3.63, 3.8) is 0 Å². The van der Waals surface area contributed by atoms with Crippen LogP contribution in [0.3, 0.4) is 0 Å². The number of carbonyl (C=O) groups is 3. The number of nitrogens with zero attached hydrogens (tertiary/aromatic N) is 2. The molecule has 1 spiro atoms. The van der Waals surface area contributed by atoms with Gasteiger partial charge in [-0.2, -0.15) is 0 Å². The number of amides is 2. The first-order valence-corrected chi connectivity index (χ1v) is 12.4. The SMILES string of the molecule is C=CCN(CCCCC)C(=O)[C@@H]1N([C@@H](CO)C(C)C)C(=O)[C@H]2[C@H](C(=O)O)[C@H]3O[C@@]12CC3Br. The molecule has 7 atom stereocenters. The molecule has 3 rings (SSSR count). The number of aliphatic carboxylic acids is 1. The topological polar surface area (TPSA) is 107 Å². The minimum absolute atomic E-state index is 0.123. The minimum Gasteiger partial charge on any atom is -0.481 e. The number of carbonyl (C=O) groups excluding carboxylic acids is 2. The summed E-state index contributed by atoms with van der Waals surface area (Å²) in [4.78, 5) is 42.8. The number of hydrogen-bond acceptors (Lipinski definition) is 5. The zero-order valence-corrected chi connectivity index (χ0v) is 20.7. The molecular formula is C23H35BrN2O6. The van der Waals surface area contributed by atoms with Crippen LogP contribution in [0, 0.1) is 17.8 Å². The van der Waals surface area contributed by atoms with Gasteiger partial charge in [-0.05, 0) is 18.8 Å². The van der Waals surface area contributed by atoms with Gasteiger partial charge in [-0.25, -0.2) is 0 Å². The third-order valence-electron chi connectivity index (χ3n) is 7.25. The van der Waals surface area contributed by atoms with Gasteiger partial charge in [0.05, 0.1) is 30.6 Å². The lowest BCUT2D eigenvalue weighted by Crippen LogP contribution is -2.60. The molecule has 0 aromatic carbocycles. The van der Waals surface area contributed by atoms with Crippen LogP contribution in [-0.4, -0.2) is 86.1 Å². The Morgan fingerprint density at radius 3 is 2.62 bits per heavy atom. The zero-order valence-electron chi connectivity index (χ0n) is 19.1. The van der Waals surface area contributed by atoms with Gasteiger partial charge in [0.15, 0.2) is 0 Å². The van der Waals surface area contributed by atoms with E-state index in [-0.39, 0.29) is 23.3 Å². The van der Waals surface area contributed by atoms with Crippen molar-refractivity contribution in [3.05, 3.63) is 12.7 Å². The maximum atomic E-state index is 14.0. The third kappa shape index (κ3) is 3.90. The molecule has 3 saturated heterocycles. The number of hydrogen-bond donors (Lipinski definition) is 2. The zero-order chi connectivity index (χ0) is 23.8. The average molecular weight is 515 g/mol. The van der Waals surface area contributed by atoms with E-state index >= 15 is 0 Å². The van der Waals surface area contributed by atoms with Crippen molar-refractivity contribution in [1.29, 1.82) is 0 Å². The van der Waals surface area contributed by atoms with Gasteiger partial charge in [0.25, 0.3) is 0 Å². The first-order chi connectivity index (χ1) is 15.2. The van der Waals surface area contributed by atoms with E-state index in [0.717, 1.165) is 19.3 Å². The van der Waals surface area contributed by atoms with Crippen molar-refractivity contribution in [1.82, 2.24) is 9.80 Å². The van der Waals surface area contributed by atoms with Gasteiger partial charge in [0.1, 0.15) is 11.6 Å². The Bertz CT molecular complexity index is 761. The molecule has 0 aromatic rings. The summed E-state index contributed by atoms with van der Waals surface area (Å²) in [5.74, 6) is -3.85. The molecule has 180 valence electrons. The monoisotopic (exact) mass is 514 g/mol. The minimum atomic E-state index is -1.22. The van der Waals surface area contributed by atoms with Crippen LogP contribution in [-0.2, 0) is 19.1 Å². The van der Waals surface area contributed by atoms with E-state index in [1.165, 1.54) is 4.90 Å². The molecule has 3 aliphatic rings. The van der Waals surface area contributed by atoms with E-state index in [0.29, 0.717) is 19.5 Å². The fraction of sp³-hybridized carbons (Fsp3) is 0.783. The third-order valence-corrected chi connectivity index (χ3v) is 8.10. The molecule has 3 aliphatic heterocycles. The van der Waals surface area contributed by atoms with Gasteiger partial charge in [-0.1, -0.05) is 55.6 Å². The van der Waals surface area contributed by atoms with Gasteiger partial charge < -0.3 is 24.7 Å². The molecule has 0 saturated carbocycles. The van der Waals surface area contributed by atoms with Crippen molar-refractivity contribution in [2.24, 2.45) is 17.8 Å². The molecule has 32 heavy (non-hydrogen) atoms.